The molecule has 82 valence electrons. The van der Waals surface area contributed by atoms with Gasteiger partial charge >= 0.3 is 6.03 Å². The van der Waals surface area contributed by atoms with E-state index in [-0.39, 0.29) is 11.6 Å². The first kappa shape index (κ1) is 11.3. The number of rotatable bonds is 2. The van der Waals surface area contributed by atoms with Gasteiger partial charge in [-0.3, -0.25) is 0 Å². The van der Waals surface area contributed by atoms with Gasteiger partial charge in [-0.05, 0) is 39.5 Å². The zero-order chi connectivity index (χ0) is 10.6. The van der Waals surface area contributed by atoms with Crippen LogP contribution in [0, 0.1) is 0 Å². The van der Waals surface area contributed by atoms with Crippen molar-refractivity contribution in [3.63, 3.8) is 0 Å². The third kappa shape index (κ3) is 3.20. The van der Waals surface area contributed by atoms with Crippen molar-refractivity contribution in [1.29, 1.82) is 0 Å². The number of amides is 2. The van der Waals surface area contributed by atoms with Gasteiger partial charge in [-0.25, -0.2) is 4.79 Å². The fraction of sp³-hybridized carbons (Fsp3) is 0.909. The molecule has 1 aliphatic rings. The molecule has 0 radical (unpaired) electrons. The molecular weight excluding hydrogens is 176 g/mol. The van der Waals surface area contributed by atoms with Gasteiger partial charge in [-0.15, -0.1) is 0 Å². The third-order valence-electron chi connectivity index (χ3n) is 2.97. The van der Waals surface area contributed by atoms with Crippen molar-refractivity contribution >= 4 is 6.03 Å². The Balaban J connectivity index is 2.40. The molecule has 1 saturated heterocycles. The summed E-state index contributed by atoms with van der Waals surface area (Å²) in [5.74, 6) is 0. The minimum absolute atomic E-state index is 0.0749. The van der Waals surface area contributed by atoms with E-state index in [0.29, 0.717) is 0 Å². The Bertz CT molecular complexity index is 195. The highest BCUT2D eigenvalue weighted by Crippen LogP contribution is 2.12. The first-order chi connectivity index (χ1) is 6.55. The van der Waals surface area contributed by atoms with E-state index in [0.717, 1.165) is 32.4 Å². The largest absolute Gasteiger partial charge is 0.333 e. The van der Waals surface area contributed by atoms with Crippen LogP contribution in [0.2, 0.25) is 0 Å². The number of urea groups is 1. The van der Waals surface area contributed by atoms with E-state index in [1.807, 2.05) is 4.90 Å². The van der Waals surface area contributed by atoms with Crippen LogP contribution in [0.4, 0.5) is 4.79 Å². The van der Waals surface area contributed by atoms with Crippen LogP contribution in [0.1, 0.15) is 46.5 Å². The highest BCUT2D eigenvalue weighted by Gasteiger charge is 2.22. The highest BCUT2D eigenvalue weighted by atomic mass is 16.2. The predicted octanol–water partition coefficient (Wildman–Crippen LogP) is 2.37. The molecule has 1 N–H and O–H groups in total. The van der Waals surface area contributed by atoms with Crippen molar-refractivity contribution in [2.24, 2.45) is 0 Å². The number of likely N-dealkylation sites (tertiary alicyclic amines) is 1. The summed E-state index contributed by atoms with van der Waals surface area (Å²) in [5.41, 5.74) is -0.0749. The fourth-order valence-electron chi connectivity index (χ4n) is 1.55. The van der Waals surface area contributed by atoms with Gasteiger partial charge in [0.25, 0.3) is 0 Å². The molecule has 0 bridgehead atoms. The van der Waals surface area contributed by atoms with Gasteiger partial charge in [0.2, 0.25) is 0 Å². The average Bonchev–Trinajstić information content (AvgIpc) is 2.19. The lowest BCUT2D eigenvalue weighted by atomic mass is 10.0. The van der Waals surface area contributed by atoms with Gasteiger partial charge in [0.1, 0.15) is 0 Å². The normalized spacial score (nSPS) is 18.1. The van der Waals surface area contributed by atoms with Crippen LogP contribution in [0.15, 0.2) is 0 Å². The van der Waals surface area contributed by atoms with Crippen molar-refractivity contribution < 1.29 is 4.79 Å². The van der Waals surface area contributed by atoms with Gasteiger partial charge < -0.3 is 10.2 Å². The van der Waals surface area contributed by atoms with Crippen molar-refractivity contribution in [2.45, 2.75) is 52.0 Å². The van der Waals surface area contributed by atoms with Crippen LogP contribution in [0.25, 0.3) is 0 Å². The smallest absolute Gasteiger partial charge is 0.317 e. The Morgan fingerprint density at radius 2 is 1.86 bits per heavy atom. The Hall–Kier alpha value is -0.730. The Morgan fingerprint density at radius 1 is 1.29 bits per heavy atom. The first-order valence-corrected chi connectivity index (χ1v) is 5.62. The number of nitrogens with one attached hydrogen (secondary N) is 1. The summed E-state index contributed by atoms with van der Waals surface area (Å²) in [6.45, 7) is 8.07. The van der Waals surface area contributed by atoms with Crippen LogP contribution >= 0.6 is 0 Å². The quantitative estimate of drug-likeness (QED) is 0.726. The molecule has 1 fully saturated rings. The lowest BCUT2D eigenvalue weighted by Crippen LogP contribution is -2.51. The first-order valence-electron chi connectivity index (χ1n) is 5.62. The van der Waals surface area contributed by atoms with Gasteiger partial charge in [0.15, 0.2) is 0 Å². The molecule has 1 rings (SSSR count). The molecule has 0 aromatic heterocycles. The molecule has 0 aromatic rings. The van der Waals surface area contributed by atoms with Crippen LogP contribution < -0.4 is 5.32 Å². The molecular formula is C11H22N2O. The van der Waals surface area contributed by atoms with E-state index in [9.17, 15) is 4.79 Å². The summed E-state index contributed by atoms with van der Waals surface area (Å²) in [4.78, 5) is 13.7. The summed E-state index contributed by atoms with van der Waals surface area (Å²) in [7, 11) is 0. The Labute approximate surface area is 86.9 Å². The lowest BCUT2D eigenvalue weighted by Gasteiger charge is -2.32. The topological polar surface area (TPSA) is 32.3 Å². The average molecular weight is 198 g/mol. The maximum absolute atomic E-state index is 11.8. The van der Waals surface area contributed by atoms with E-state index in [4.69, 9.17) is 0 Å². The molecule has 0 spiro atoms. The minimum Gasteiger partial charge on any atom is -0.333 e. The highest BCUT2D eigenvalue weighted by molar-refractivity contribution is 5.75. The summed E-state index contributed by atoms with van der Waals surface area (Å²) >= 11 is 0. The molecule has 2 amide bonds. The standard InChI is InChI=1S/C11H22N2O/c1-4-11(2,3)12-10(14)13-8-6-5-7-9-13/h4-9H2,1-3H3,(H,12,14). The summed E-state index contributed by atoms with van der Waals surface area (Å²) in [5, 5.41) is 3.06. The van der Waals surface area contributed by atoms with E-state index in [2.05, 4.69) is 26.1 Å². The lowest BCUT2D eigenvalue weighted by molar-refractivity contribution is 0.175. The van der Waals surface area contributed by atoms with Crippen LogP contribution in [-0.4, -0.2) is 29.6 Å². The van der Waals surface area contributed by atoms with E-state index in [1.165, 1.54) is 6.42 Å². The summed E-state index contributed by atoms with van der Waals surface area (Å²) in [6.07, 6.45) is 4.54. The number of piperidine rings is 1. The molecule has 0 aromatic carbocycles. The zero-order valence-corrected chi connectivity index (χ0v) is 9.60. The summed E-state index contributed by atoms with van der Waals surface area (Å²) in [6, 6.07) is 0.108. The van der Waals surface area contributed by atoms with E-state index in [1.54, 1.807) is 0 Å². The van der Waals surface area contributed by atoms with Gasteiger partial charge in [0, 0.05) is 18.6 Å². The van der Waals surface area contributed by atoms with Crippen LogP contribution in [0.5, 0.6) is 0 Å². The summed E-state index contributed by atoms with van der Waals surface area (Å²) < 4.78 is 0. The van der Waals surface area contributed by atoms with Gasteiger partial charge in [-0.1, -0.05) is 6.92 Å². The van der Waals surface area contributed by atoms with Crippen LogP contribution in [0.3, 0.4) is 0 Å². The Kier molecular flexibility index (Phi) is 3.78. The molecule has 14 heavy (non-hydrogen) atoms. The molecule has 3 nitrogen and oxygen atoms in total. The second-order valence-electron chi connectivity index (χ2n) is 4.72. The van der Waals surface area contributed by atoms with E-state index < -0.39 is 0 Å². The molecule has 0 atom stereocenters. The number of hydrogen-bond donors (Lipinski definition) is 1. The monoisotopic (exact) mass is 198 g/mol. The maximum atomic E-state index is 11.8. The number of nitrogens with zero attached hydrogens (tertiary/aromatic N) is 1. The fourth-order valence-corrected chi connectivity index (χ4v) is 1.55. The molecule has 0 saturated carbocycles. The van der Waals surface area contributed by atoms with Crippen molar-refractivity contribution in [2.75, 3.05) is 13.1 Å². The molecule has 0 aliphatic carbocycles. The van der Waals surface area contributed by atoms with Crippen molar-refractivity contribution in [3.8, 4) is 0 Å². The SMILES string of the molecule is CCC(C)(C)NC(=O)N1CCCCC1. The molecule has 3 heteroatoms. The molecule has 1 heterocycles. The zero-order valence-electron chi connectivity index (χ0n) is 9.60. The number of hydrogen-bond acceptors (Lipinski definition) is 1. The Morgan fingerprint density at radius 3 is 2.36 bits per heavy atom. The number of carbonyl (C=O) groups excluding carboxylic acids is 1. The molecule has 0 unspecified atom stereocenters. The van der Waals surface area contributed by atoms with Crippen molar-refractivity contribution in [1.82, 2.24) is 10.2 Å². The second-order valence-corrected chi connectivity index (χ2v) is 4.72. The maximum Gasteiger partial charge on any atom is 0.317 e. The third-order valence-corrected chi connectivity index (χ3v) is 2.97. The molecule has 1 aliphatic heterocycles. The van der Waals surface area contributed by atoms with E-state index >= 15 is 0 Å². The van der Waals surface area contributed by atoms with Gasteiger partial charge in [-0.2, -0.15) is 0 Å². The van der Waals surface area contributed by atoms with Gasteiger partial charge in [0.05, 0.1) is 0 Å². The predicted molar refractivity (Wildman–Crippen MR) is 58.3 cm³/mol. The van der Waals surface area contributed by atoms with Crippen LogP contribution in [-0.2, 0) is 0 Å². The van der Waals surface area contributed by atoms with Crippen molar-refractivity contribution in [3.05, 3.63) is 0 Å². The number of carbonyl (C=O) groups is 1. The second kappa shape index (κ2) is 4.67. The minimum atomic E-state index is -0.0749.